The van der Waals surface area contributed by atoms with E-state index in [0.29, 0.717) is 57.8 Å². The summed E-state index contributed by atoms with van der Waals surface area (Å²) in [4.78, 5) is 10.5. The maximum Gasteiger partial charge on any atom is 0.110 e. The topological polar surface area (TPSA) is 326 Å². The molecule has 6 aliphatic rings. The van der Waals surface area contributed by atoms with Crippen LogP contribution in [0.15, 0.2) is 20.5 Å². The van der Waals surface area contributed by atoms with E-state index in [0.717, 1.165) is 19.8 Å². The molecule has 5 N–H and O–H groups in total. The summed E-state index contributed by atoms with van der Waals surface area (Å²) in [7, 11) is 0. The fraction of sp³-hybridized carbons (Fsp3) is 1.00. The largest absolute Gasteiger partial charge is 0.390 e. The number of hydrogen-bond donors (Lipinski definition) is 3. The zero-order valence-electron chi connectivity index (χ0n) is 23.3. The minimum atomic E-state index is -0.610. The van der Waals surface area contributed by atoms with Crippen molar-refractivity contribution in [1.29, 1.82) is 0 Å². The van der Waals surface area contributed by atoms with Crippen molar-refractivity contribution in [3.8, 4) is 0 Å². The third kappa shape index (κ3) is 12.8. The highest BCUT2D eigenvalue weighted by atomic mass is 16.7. The molecule has 0 aromatic rings. The standard InChI is InChI=1S/C5H9N3O.C4H6N6O.C4H7N3O2.C4H10N2O.C4H6O2/c1-4-2-9-3-5(4)7-8-6;5-9-7-3-1-11-2-4(3)8-10-6;5-7-6-3-1-9-2-4(3)8;5-3-1-7-2-4(3)6;1-3-4(6-3)2-5-1/h4-5H,2-3H2,1H3;3-4H,1-2H2;3-4,8H,1-2H2;3-4H,1-2,5-6H2;3-4H,1-2H2. The van der Waals surface area contributed by atoms with Gasteiger partial charge in [0.1, 0.15) is 12.2 Å². The van der Waals surface area contributed by atoms with E-state index in [1.54, 1.807) is 0 Å². The molecule has 42 heavy (non-hydrogen) atoms. The van der Waals surface area contributed by atoms with Crippen LogP contribution in [0.4, 0.5) is 0 Å². The summed E-state index contributed by atoms with van der Waals surface area (Å²) < 4.78 is 29.7. The van der Waals surface area contributed by atoms with Crippen LogP contribution in [0, 0.1) is 5.92 Å². The van der Waals surface area contributed by atoms with E-state index >= 15 is 0 Å². The number of epoxide rings is 1. The van der Waals surface area contributed by atoms with Gasteiger partial charge in [0, 0.05) is 38.3 Å². The third-order valence-electron chi connectivity index (χ3n) is 6.59. The maximum atomic E-state index is 8.93. The molecular weight excluding hydrogens is 560 g/mol. The summed E-state index contributed by atoms with van der Waals surface area (Å²) in [6, 6.07) is -0.850. The van der Waals surface area contributed by atoms with Crippen molar-refractivity contribution >= 4 is 0 Å². The molecule has 6 rings (SSSR count). The van der Waals surface area contributed by atoms with Gasteiger partial charge in [-0.05, 0) is 28.0 Å². The lowest BCUT2D eigenvalue weighted by atomic mass is 10.1. The van der Waals surface area contributed by atoms with Gasteiger partial charge in [0.25, 0.3) is 0 Å². The average molecular weight is 599 g/mol. The van der Waals surface area contributed by atoms with E-state index in [9.17, 15) is 0 Å². The normalized spacial score (nSPS) is 36.5. The number of rotatable bonds is 4. The van der Waals surface area contributed by atoms with Gasteiger partial charge < -0.3 is 45.0 Å². The van der Waals surface area contributed by atoms with Gasteiger partial charge in [-0.2, -0.15) is 0 Å². The molecule has 21 heteroatoms. The van der Waals surface area contributed by atoms with Gasteiger partial charge >= 0.3 is 0 Å². The number of hydrogen-bond acceptors (Lipinski definition) is 13. The van der Waals surface area contributed by atoms with Crippen molar-refractivity contribution in [2.45, 2.75) is 61.5 Å². The van der Waals surface area contributed by atoms with Crippen LogP contribution in [0.25, 0.3) is 41.8 Å². The van der Waals surface area contributed by atoms with Gasteiger partial charge in [-0.15, -0.1) is 0 Å². The van der Waals surface area contributed by atoms with Gasteiger partial charge in [-0.1, -0.05) is 27.4 Å². The van der Waals surface area contributed by atoms with Crippen LogP contribution in [0.3, 0.4) is 0 Å². The summed E-state index contributed by atoms with van der Waals surface area (Å²) >= 11 is 0. The molecule has 6 aliphatic heterocycles. The summed E-state index contributed by atoms with van der Waals surface area (Å²) in [5.41, 5.74) is 43.0. The van der Waals surface area contributed by atoms with E-state index in [1.165, 1.54) is 0 Å². The molecule has 0 amide bonds. The summed E-state index contributed by atoms with van der Waals surface area (Å²) in [5, 5.41) is 22.6. The second kappa shape index (κ2) is 19.9. The van der Waals surface area contributed by atoms with Gasteiger partial charge in [0.05, 0.1) is 89.7 Å². The fourth-order valence-corrected chi connectivity index (χ4v) is 3.82. The number of aliphatic hydroxyl groups excluding tert-OH is 1. The van der Waals surface area contributed by atoms with Crippen molar-refractivity contribution in [2.75, 3.05) is 66.1 Å². The number of ether oxygens (including phenoxy) is 6. The van der Waals surface area contributed by atoms with E-state index in [4.69, 9.17) is 67.1 Å². The molecule has 0 aromatic carbocycles. The van der Waals surface area contributed by atoms with E-state index in [1.807, 2.05) is 6.92 Å². The molecular formula is C21H38N14O7. The van der Waals surface area contributed by atoms with Crippen molar-refractivity contribution in [3.63, 3.8) is 0 Å². The van der Waals surface area contributed by atoms with Crippen LogP contribution in [-0.4, -0.2) is 126 Å². The first-order chi connectivity index (χ1) is 20.3. The van der Waals surface area contributed by atoms with Crippen molar-refractivity contribution in [2.24, 2.45) is 37.8 Å². The Hall–Kier alpha value is -3.12. The Kier molecular flexibility index (Phi) is 16.6. The molecule has 6 saturated heterocycles. The molecule has 21 nitrogen and oxygen atoms in total. The fourth-order valence-electron chi connectivity index (χ4n) is 3.82. The zero-order valence-corrected chi connectivity index (χ0v) is 23.3. The van der Waals surface area contributed by atoms with Crippen LogP contribution < -0.4 is 11.5 Å². The minimum Gasteiger partial charge on any atom is -0.390 e. The predicted octanol–water partition coefficient (Wildman–Crippen LogP) is 1.22. The Morgan fingerprint density at radius 2 is 0.929 bits per heavy atom. The zero-order chi connectivity index (χ0) is 30.7. The van der Waals surface area contributed by atoms with Gasteiger partial charge in [0.2, 0.25) is 0 Å². The second-order valence-corrected chi connectivity index (χ2v) is 9.86. The second-order valence-electron chi connectivity index (χ2n) is 9.86. The van der Waals surface area contributed by atoms with Crippen LogP contribution in [-0.2, 0) is 28.4 Å². The quantitative estimate of drug-likeness (QED) is 0.181. The average Bonchev–Trinajstić information content (AvgIpc) is 3.59. The number of nitrogens with two attached hydrogens (primary N) is 2. The van der Waals surface area contributed by atoms with Gasteiger partial charge in [-0.25, -0.2) is 0 Å². The molecule has 6 heterocycles. The van der Waals surface area contributed by atoms with Crippen LogP contribution in [0.1, 0.15) is 6.92 Å². The first-order valence-electron chi connectivity index (χ1n) is 13.2. The Morgan fingerprint density at radius 3 is 1.26 bits per heavy atom. The molecule has 0 spiro atoms. The van der Waals surface area contributed by atoms with Crippen molar-refractivity contribution in [1.82, 2.24) is 0 Å². The van der Waals surface area contributed by atoms with E-state index in [-0.39, 0.29) is 42.9 Å². The minimum absolute atomic E-state index is 0.0648. The molecule has 0 aliphatic carbocycles. The Balaban J connectivity index is 0.000000186. The summed E-state index contributed by atoms with van der Waals surface area (Å²) in [6.45, 7) is 7.56. The molecule has 10 atom stereocenters. The summed E-state index contributed by atoms with van der Waals surface area (Å²) in [6.07, 6.45) is 0.371. The highest BCUT2D eigenvalue weighted by molar-refractivity contribution is 4.89. The number of fused-ring (bicyclic) bond motifs is 1. The van der Waals surface area contributed by atoms with Crippen LogP contribution in [0.2, 0.25) is 0 Å². The number of aliphatic hydroxyl groups is 1. The van der Waals surface area contributed by atoms with E-state index in [2.05, 4.69) is 40.1 Å². The van der Waals surface area contributed by atoms with Crippen molar-refractivity contribution in [3.05, 3.63) is 41.8 Å². The monoisotopic (exact) mass is 598 g/mol. The molecule has 6 fully saturated rings. The third-order valence-corrected chi connectivity index (χ3v) is 6.59. The smallest absolute Gasteiger partial charge is 0.110 e. The number of nitrogens with zero attached hydrogens (tertiary/aromatic N) is 12. The lowest BCUT2D eigenvalue weighted by Crippen LogP contribution is -2.39. The lowest BCUT2D eigenvalue weighted by Gasteiger charge is -2.02. The van der Waals surface area contributed by atoms with Crippen LogP contribution >= 0.6 is 0 Å². The highest BCUT2D eigenvalue weighted by Gasteiger charge is 2.44. The Morgan fingerprint density at radius 1 is 0.548 bits per heavy atom. The first-order valence-corrected chi connectivity index (χ1v) is 13.2. The van der Waals surface area contributed by atoms with E-state index < -0.39 is 6.10 Å². The molecule has 234 valence electrons. The van der Waals surface area contributed by atoms with Gasteiger partial charge in [-0.3, -0.25) is 0 Å². The van der Waals surface area contributed by atoms with Crippen LogP contribution in [0.5, 0.6) is 0 Å². The highest BCUT2D eigenvalue weighted by Crippen LogP contribution is 2.27. The predicted molar refractivity (Wildman–Crippen MR) is 146 cm³/mol. The molecule has 0 bridgehead atoms. The lowest BCUT2D eigenvalue weighted by molar-refractivity contribution is 0.100. The molecule has 0 radical (unpaired) electrons. The maximum absolute atomic E-state index is 8.93. The van der Waals surface area contributed by atoms with Crippen molar-refractivity contribution < 1.29 is 33.5 Å². The summed E-state index contributed by atoms with van der Waals surface area (Å²) in [5.74, 6) is 0.390. The molecule has 0 aromatic heterocycles. The molecule has 10 unspecified atom stereocenters. The molecule has 0 saturated carbocycles. The first kappa shape index (κ1) is 35.1. The Labute approximate surface area is 241 Å². The Bertz CT molecular complexity index is 928. The number of azide groups is 4. The van der Waals surface area contributed by atoms with Gasteiger partial charge in [0.15, 0.2) is 0 Å². The SMILES string of the molecule is C1OCC2OC12.CC1COCC1N=[N+]=[N-].NC1COCC1N.[N-]=[N+]=NC1COCC1N=[N+]=[N-].[N-]=[N+]=NC1COCC1O.